The Morgan fingerprint density at radius 1 is 1.08 bits per heavy atom. The van der Waals surface area contributed by atoms with Gasteiger partial charge in [0.25, 0.3) is 5.91 Å². The van der Waals surface area contributed by atoms with Gasteiger partial charge in [-0.2, -0.15) is 0 Å². The van der Waals surface area contributed by atoms with Crippen LogP contribution in [0, 0.1) is 0 Å². The maximum Gasteiger partial charge on any atom is 0.256 e. The Morgan fingerprint density at radius 3 is 2.44 bits per heavy atom. The lowest BCUT2D eigenvalue weighted by atomic mass is 9.97. The second-order valence-electron chi connectivity index (χ2n) is 6.50. The highest BCUT2D eigenvalue weighted by atomic mass is 16.5. The van der Waals surface area contributed by atoms with Crippen LogP contribution in [0.3, 0.4) is 0 Å². The van der Waals surface area contributed by atoms with Crippen molar-refractivity contribution in [3.05, 3.63) is 36.4 Å². The summed E-state index contributed by atoms with van der Waals surface area (Å²) in [6, 6.07) is 11.8. The van der Waals surface area contributed by atoms with Crippen molar-refractivity contribution in [2.45, 2.75) is 52.1 Å². The van der Waals surface area contributed by atoms with Crippen LogP contribution in [0.15, 0.2) is 36.4 Å². The summed E-state index contributed by atoms with van der Waals surface area (Å²) in [6.45, 7) is 6.71. The van der Waals surface area contributed by atoms with Crippen LogP contribution in [-0.4, -0.2) is 25.2 Å². The number of rotatable bonds is 9. The van der Waals surface area contributed by atoms with E-state index in [0.29, 0.717) is 13.0 Å². The van der Waals surface area contributed by atoms with Crippen molar-refractivity contribution in [2.24, 2.45) is 0 Å². The average Bonchev–Trinajstić information content (AvgIpc) is 2.65. The Kier molecular flexibility index (Phi) is 6.82. The molecule has 0 unspecified atom stereocenters. The normalized spacial score (nSPS) is 13.4. The first kappa shape index (κ1) is 19.3. The number of hydrogen-bond donors (Lipinski definition) is 1. The van der Waals surface area contributed by atoms with E-state index >= 15 is 0 Å². The number of benzene rings is 2. The Hall–Kier alpha value is -2.07. The molecule has 4 nitrogen and oxygen atoms in total. The van der Waals surface area contributed by atoms with E-state index in [0.717, 1.165) is 41.5 Å². The van der Waals surface area contributed by atoms with Gasteiger partial charge in [-0.05, 0) is 31.9 Å². The van der Waals surface area contributed by atoms with Gasteiger partial charge in [0.1, 0.15) is 11.4 Å². The smallest absolute Gasteiger partial charge is 0.256 e. The van der Waals surface area contributed by atoms with Gasteiger partial charge >= 0.3 is 0 Å². The third-order valence-electron chi connectivity index (χ3n) is 4.53. The van der Waals surface area contributed by atoms with Crippen LogP contribution in [0.25, 0.3) is 10.8 Å². The van der Waals surface area contributed by atoms with Crippen molar-refractivity contribution in [1.82, 2.24) is 0 Å². The van der Waals surface area contributed by atoms with E-state index in [-0.39, 0.29) is 5.91 Å². The highest BCUT2D eigenvalue weighted by molar-refractivity contribution is 6.06. The molecule has 2 aromatic carbocycles. The van der Waals surface area contributed by atoms with E-state index in [1.807, 2.05) is 43.3 Å². The standard InChI is InChI=1S/C21H29NO3/c1-5-7-14-21(3,24-4)20(23)22-18-12-13-19(25-15-6-2)17-11-9-8-10-16(17)18/h8-13H,5-7,14-15H2,1-4H3,(H,22,23)/t21-/m0/s1. The Morgan fingerprint density at radius 2 is 1.80 bits per heavy atom. The molecule has 0 aromatic heterocycles. The first-order valence-corrected chi connectivity index (χ1v) is 9.07. The second-order valence-corrected chi connectivity index (χ2v) is 6.50. The predicted molar refractivity (Wildman–Crippen MR) is 103 cm³/mol. The summed E-state index contributed by atoms with van der Waals surface area (Å²) in [5.41, 5.74) is -0.0432. The van der Waals surface area contributed by atoms with Crippen molar-refractivity contribution in [2.75, 3.05) is 19.0 Å². The quantitative estimate of drug-likeness (QED) is 0.684. The van der Waals surface area contributed by atoms with Gasteiger partial charge in [0.05, 0.1) is 6.61 Å². The number of anilines is 1. The third-order valence-corrected chi connectivity index (χ3v) is 4.53. The molecule has 4 heteroatoms. The fourth-order valence-electron chi connectivity index (χ4n) is 2.80. The summed E-state index contributed by atoms with van der Waals surface area (Å²) < 4.78 is 11.4. The summed E-state index contributed by atoms with van der Waals surface area (Å²) in [5.74, 6) is 0.728. The number of amides is 1. The molecule has 0 heterocycles. The Bertz CT molecular complexity index is 713. The molecule has 0 radical (unpaired) electrons. The van der Waals surface area contributed by atoms with Gasteiger partial charge in [-0.15, -0.1) is 0 Å². The minimum atomic E-state index is -0.825. The molecule has 136 valence electrons. The van der Waals surface area contributed by atoms with Crippen molar-refractivity contribution in [1.29, 1.82) is 0 Å². The SMILES string of the molecule is CCCC[C@](C)(OC)C(=O)Nc1ccc(OCCC)c2ccccc12. The fraction of sp³-hybridized carbons (Fsp3) is 0.476. The number of carbonyl (C=O) groups is 1. The van der Waals surface area contributed by atoms with E-state index in [2.05, 4.69) is 19.2 Å². The highest BCUT2D eigenvalue weighted by Gasteiger charge is 2.32. The molecule has 0 fully saturated rings. The number of unbranched alkanes of at least 4 members (excludes halogenated alkanes) is 1. The van der Waals surface area contributed by atoms with Crippen LogP contribution in [0.5, 0.6) is 5.75 Å². The molecule has 0 aliphatic carbocycles. The fourth-order valence-corrected chi connectivity index (χ4v) is 2.80. The van der Waals surface area contributed by atoms with Crippen LogP contribution in [0.4, 0.5) is 5.69 Å². The Balaban J connectivity index is 2.30. The van der Waals surface area contributed by atoms with Gasteiger partial charge in [0.2, 0.25) is 0 Å². The average molecular weight is 343 g/mol. The summed E-state index contributed by atoms with van der Waals surface area (Å²) in [5, 5.41) is 5.02. The van der Waals surface area contributed by atoms with Crippen LogP contribution in [-0.2, 0) is 9.53 Å². The molecular formula is C21H29NO3. The lowest BCUT2D eigenvalue weighted by molar-refractivity contribution is -0.136. The lowest BCUT2D eigenvalue weighted by Crippen LogP contribution is -2.42. The molecule has 0 aliphatic rings. The monoisotopic (exact) mass is 343 g/mol. The van der Waals surface area contributed by atoms with E-state index in [1.54, 1.807) is 7.11 Å². The molecule has 1 amide bonds. The second kappa shape index (κ2) is 8.86. The predicted octanol–water partition coefficient (Wildman–Crippen LogP) is 5.16. The van der Waals surface area contributed by atoms with Gasteiger partial charge < -0.3 is 14.8 Å². The summed E-state index contributed by atoms with van der Waals surface area (Å²) >= 11 is 0. The number of nitrogens with one attached hydrogen (secondary N) is 1. The van der Waals surface area contributed by atoms with Gasteiger partial charge in [-0.3, -0.25) is 4.79 Å². The minimum Gasteiger partial charge on any atom is -0.493 e. The molecule has 0 saturated heterocycles. The lowest BCUT2D eigenvalue weighted by Gasteiger charge is -2.27. The van der Waals surface area contributed by atoms with E-state index in [4.69, 9.17) is 9.47 Å². The van der Waals surface area contributed by atoms with Gasteiger partial charge in [0.15, 0.2) is 0 Å². The van der Waals surface area contributed by atoms with Crippen molar-refractivity contribution in [3.63, 3.8) is 0 Å². The molecule has 2 rings (SSSR count). The van der Waals surface area contributed by atoms with Crippen molar-refractivity contribution < 1.29 is 14.3 Å². The van der Waals surface area contributed by atoms with E-state index < -0.39 is 5.60 Å². The van der Waals surface area contributed by atoms with Crippen LogP contribution < -0.4 is 10.1 Å². The van der Waals surface area contributed by atoms with Gasteiger partial charge in [0, 0.05) is 23.6 Å². The van der Waals surface area contributed by atoms with Crippen LogP contribution in [0.1, 0.15) is 46.5 Å². The molecule has 1 atom stereocenters. The van der Waals surface area contributed by atoms with Crippen LogP contribution >= 0.6 is 0 Å². The zero-order valence-corrected chi connectivity index (χ0v) is 15.7. The first-order chi connectivity index (χ1) is 12.1. The topological polar surface area (TPSA) is 47.6 Å². The number of methoxy groups -OCH3 is 1. The number of fused-ring (bicyclic) bond motifs is 1. The molecule has 0 saturated carbocycles. The summed E-state index contributed by atoms with van der Waals surface area (Å²) in [6.07, 6.45) is 3.62. The molecular weight excluding hydrogens is 314 g/mol. The third kappa shape index (κ3) is 4.51. The van der Waals surface area contributed by atoms with Gasteiger partial charge in [-0.1, -0.05) is 51.0 Å². The summed E-state index contributed by atoms with van der Waals surface area (Å²) in [4.78, 5) is 12.8. The molecule has 1 N–H and O–H groups in total. The minimum absolute atomic E-state index is 0.115. The molecule has 0 bridgehead atoms. The van der Waals surface area contributed by atoms with Crippen LogP contribution in [0.2, 0.25) is 0 Å². The van der Waals surface area contributed by atoms with E-state index in [1.165, 1.54) is 0 Å². The largest absolute Gasteiger partial charge is 0.493 e. The molecule has 25 heavy (non-hydrogen) atoms. The van der Waals surface area contributed by atoms with Crippen molar-refractivity contribution in [3.8, 4) is 5.75 Å². The zero-order valence-electron chi connectivity index (χ0n) is 15.7. The van der Waals surface area contributed by atoms with Crippen molar-refractivity contribution >= 4 is 22.4 Å². The number of carbonyl (C=O) groups excluding carboxylic acids is 1. The molecule has 0 aliphatic heterocycles. The Labute approximate surface area is 150 Å². The summed E-state index contributed by atoms with van der Waals surface area (Å²) in [7, 11) is 1.59. The maximum absolute atomic E-state index is 12.8. The van der Waals surface area contributed by atoms with E-state index in [9.17, 15) is 4.79 Å². The zero-order chi connectivity index (χ0) is 18.3. The highest BCUT2D eigenvalue weighted by Crippen LogP contribution is 2.32. The maximum atomic E-state index is 12.8. The van der Waals surface area contributed by atoms with Gasteiger partial charge in [-0.25, -0.2) is 0 Å². The number of ether oxygens (including phenoxy) is 2. The molecule has 0 spiro atoms. The number of hydrogen-bond acceptors (Lipinski definition) is 3. The first-order valence-electron chi connectivity index (χ1n) is 9.07. The molecule has 2 aromatic rings.